The van der Waals surface area contributed by atoms with Crippen LogP contribution < -0.4 is 4.31 Å². The number of hydrogen-bond donors (Lipinski definition) is 0. The van der Waals surface area contributed by atoms with E-state index in [1.807, 2.05) is 25.3 Å². The predicted octanol–water partition coefficient (Wildman–Crippen LogP) is 8.33. The molecule has 0 fully saturated rings. The molecule has 0 spiro atoms. The number of rotatable bonds is 9. The van der Waals surface area contributed by atoms with Gasteiger partial charge in [0.15, 0.2) is 0 Å². The summed E-state index contributed by atoms with van der Waals surface area (Å²) in [5.74, 6) is -0.388. The van der Waals surface area contributed by atoms with Crippen molar-refractivity contribution in [3.8, 4) is 0 Å². The topological polar surface area (TPSA) is 3.24 Å². The SMILES string of the molecule is CSCCCc1cc(F)ccc1C(C)N(Sc1ccc(Cl)cc1)c1cc(F)ccc1F. The van der Waals surface area contributed by atoms with E-state index in [0.717, 1.165) is 40.3 Å². The van der Waals surface area contributed by atoms with Gasteiger partial charge in [0.2, 0.25) is 0 Å². The normalized spacial score (nSPS) is 12.1. The van der Waals surface area contributed by atoms with Gasteiger partial charge in [-0.2, -0.15) is 11.8 Å². The van der Waals surface area contributed by atoms with E-state index in [9.17, 15) is 13.2 Å². The van der Waals surface area contributed by atoms with Crippen LogP contribution in [-0.2, 0) is 6.42 Å². The van der Waals surface area contributed by atoms with Gasteiger partial charge >= 0.3 is 0 Å². The maximum atomic E-state index is 14.8. The summed E-state index contributed by atoms with van der Waals surface area (Å²) in [7, 11) is 0. The molecule has 0 amide bonds. The van der Waals surface area contributed by atoms with Crippen LogP contribution >= 0.6 is 35.3 Å². The van der Waals surface area contributed by atoms with Crippen LogP contribution in [0, 0.1) is 17.5 Å². The summed E-state index contributed by atoms with van der Waals surface area (Å²) in [6.45, 7) is 1.92. The fourth-order valence-electron chi connectivity index (χ4n) is 3.33. The summed E-state index contributed by atoms with van der Waals surface area (Å²) in [6.07, 6.45) is 3.65. The molecule has 0 bridgehead atoms. The molecule has 0 aliphatic heterocycles. The molecular formula is C24H23ClF3NS2. The summed E-state index contributed by atoms with van der Waals surface area (Å²) in [5.41, 5.74) is 1.89. The van der Waals surface area contributed by atoms with Crippen molar-refractivity contribution in [1.29, 1.82) is 0 Å². The Morgan fingerprint density at radius 2 is 1.61 bits per heavy atom. The zero-order valence-electron chi connectivity index (χ0n) is 17.2. The molecule has 1 atom stereocenters. The third-order valence-corrected chi connectivity index (χ3v) is 7.01. The van der Waals surface area contributed by atoms with E-state index in [4.69, 9.17) is 11.6 Å². The van der Waals surface area contributed by atoms with E-state index in [1.165, 1.54) is 24.1 Å². The van der Waals surface area contributed by atoms with E-state index in [0.29, 0.717) is 11.4 Å². The molecule has 1 unspecified atom stereocenters. The highest BCUT2D eigenvalue weighted by atomic mass is 35.5. The fraction of sp³-hybridized carbons (Fsp3) is 0.250. The Labute approximate surface area is 195 Å². The van der Waals surface area contributed by atoms with Crippen LogP contribution in [0.25, 0.3) is 0 Å². The van der Waals surface area contributed by atoms with Crippen molar-refractivity contribution in [3.05, 3.63) is 94.3 Å². The van der Waals surface area contributed by atoms with Gasteiger partial charge in [-0.3, -0.25) is 0 Å². The number of nitrogens with zero attached hydrogens (tertiary/aromatic N) is 1. The van der Waals surface area contributed by atoms with Crippen LogP contribution in [0.15, 0.2) is 65.6 Å². The Morgan fingerprint density at radius 3 is 2.32 bits per heavy atom. The maximum Gasteiger partial charge on any atom is 0.147 e. The van der Waals surface area contributed by atoms with Gasteiger partial charge in [-0.1, -0.05) is 17.7 Å². The second-order valence-corrected chi connectivity index (χ2v) is 9.55. The molecule has 164 valence electrons. The minimum atomic E-state index is -0.527. The van der Waals surface area contributed by atoms with Crippen molar-refractivity contribution in [2.24, 2.45) is 0 Å². The van der Waals surface area contributed by atoms with Crippen LogP contribution in [0.5, 0.6) is 0 Å². The van der Waals surface area contributed by atoms with Crippen molar-refractivity contribution in [3.63, 3.8) is 0 Å². The first-order valence-corrected chi connectivity index (χ1v) is 12.4. The summed E-state index contributed by atoms with van der Waals surface area (Å²) in [6, 6.07) is 14.9. The Morgan fingerprint density at radius 1 is 0.935 bits per heavy atom. The minimum absolute atomic E-state index is 0.131. The molecule has 0 aliphatic rings. The van der Waals surface area contributed by atoms with Crippen molar-refractivity contribution < 1.29 is 13.2 Å². The average molecular weight is 482 g/mol. The molecule has 0 radical (unpaired) electrons. The zero-order valence-corrected chi connectivity index (χ0v) is 19.6. The largest absolute Gasteiger partial charge is 0.302 e. The van der Waals surface area contributed by atoms with Crippen LogP contribution in [0.4, 0.5) is 18.9 Å². The molecule has 1 nitrogen and oxygen atoms in total. The first-order chi connectivity index (χ1) is 14.9. The summed E-state index contributed by atoms with van der Waals surface area (Å²) in [5, 5.41) is 0.593. The van der Waals surface area contributed by atoms with Gasteiger partial charge in [-0.05, 0) is 103 Å². The third-order valence-electron chi connectivity index (χ3n) is 4.86. The number of benzene rings is 3. The van der Waals surface area contributed by atoms with Crippen molar-refractivity contribution in [1.82, 2.24) is 0 Å². The van der Waals surface area contributed by atoms with E-state index < -0.39 is 11.6 Å². The van der Waals surface area contributed by atoms with E-state index in [1.54, 1.807) is 40.3 Å². The molecule has 3 rings (SSSR count). The average Bonchev–Trinajstić information content (AvgIpc) is 2.75. The zero-order chi connectivity index (χ0) is 22.4. The molecule has 3 aromatic carbocycles. The van der Waals surface area contributed by atoms with Gasteiger partial charge in [-0.25, -0.2) is 13.2 Å². The molecule has 0 aliphatic carbocycles. The number of aryl methyl sites for hydroxylation is 1. The number of halogens is 4. The molecule has 0 saturated carbocycles. The van der Waals surface area contributed by atoms with E-state index in [-0.39, 0.29) is 17.5 Å². The van der Waals surface area contributed by atoms with Crippen LogP contribution in [0.3, 0.4) is 0 Å². The van der Waals surface area contributed by atoms with Gasteiger partial charge in [-0.15, -0.1) is 0 Å². The first kappa shape index (κ1) is 23.9. The molecule has 0 N–H and O–H groups in total. The lowest BCUT2D eigenvalue weighted by atomic mass is 9.97. The molecular weight excluding hydrogens is 459 g/mol. The summed E-state index contributed by atoms with van der Waals surface area (Å²) < 4.78 is 44.5. The van der Waals surface area contributed by atoms with Gasteiger partial charge in [0, 0.05) is 16.0 Å². The highest BCUT2D eigenvalue weighted by Gasteiger charge is 2.24. The fourth-order valence-corrected chi connectivity index (χ4v) is 4.89. The molecule has 31 heavy (non-hydrogen) atoms. The predicted molar refractivity (Wildman–Crippen MR) is 128 cm³/mol. The lowest BCUT2D eigenvalue weighted by Gasteiger charge is -2.32. The maximum absolute atomic E-state index is 14.8. The number of hydrogen-bond acceptors (Lipinski definition) is 3. The number of thioether (sulfide) groups is 1. The van der Waals surface area contributed by atoms with Gasteiger partial charge < -0.3 is 4.31 Å². The standard InChI is InChI=1S/C24H23ClF3NS2/c1-16(22-11-7-19(26)14-17(22)4-3-13-30-2)29(24-15-20(27)8-12-23(24)28)31-21-9-5-18(25)6-10-21/h5-12,14-16H,3-4,13H2,1-2H3. The van der Waals surface area contributed by atoms with Gasteiger partial charge in [0.1, 0.15) is 17.5 Å². The van der Waals surface area contributed by atoms with Crippen molar-refractivity contribution in [2.45, 2.75) is 30.7 Å². The molecule has 7 heteroatoms. The van der Waals surface area contributed by atoms with Crippen molar-refractivity contribution in [2.75, 3.05) is 16.3 Å². The Kier molecular flexibility index (Phi) is 8.64. The second kappa shape index (κ2) is 11.2. The van der Waals surface area contributed by atoms with Crippen LogP contribution in [-0.4, -0.2) is 12.0 Å². The third kappa shape index (κ3) is 6.37. The lowest BCUT2D eigenvalue weighted by Crippen LogP contribution is -2.22. The minimum Gasteiger partial charge on any atom is -0.302 e. The van der Waals surface area contributed by atoms with Crippen LogP contribution in [0.2, 0.25) is 5.02 Å². The van der Waals surface area contributed by atoms with E-state index in [2.05, 4.69) is 0 Å². The first-order valence-electron chi connectivity index (χ1n) is 9.84. The van der Waals surface area contributed by atoms with Gasteiger partial charge in [0.05, 0.1) is 11.7 Å². The summed E-state index contributed by atoms with van der Waals surface area (Å²) >= 11 is 9.02. The second-order valence-electron chi connectivity index (χ2n) is 7.08. The monoisotopic (exact) mass is 481 g/mol. The van der Waals surface area contributed by atoms with Gasteiger partial charge in [0.25, 0.3) is 0 Å². The van der Waals surface area contributed by atoms with Crippen molar-refractivity contribution >= 4 is 41.0 Å². The summed E-state index contributed by atoms with van der Waals surface area (Å²) in [4.78, 5) is 0.825. The smallest absolute Gasteiger partial charge is 0.147 e. The Balaban J connectivity index is 2.02. The Hall–Kier alpha value is -1.76. The molecule has 3 aromatic rings. The van der Waals surface area contributed by atoms with E-state index >= 15 is 0 Å². The lowest BCUT2D eigenvalue weighted by molar-refractivity contribution is 0.595. The molecule has 0 heterocycles. The molecule has 0 aromatic heterocycles. The quantitative estimate of drug-likeness (QED) is 0.223. The van der Waals surface area contributed by atoms with Crippen LogP contribution in [0.1, 0.15) is 30.5 Å². The molecule has 0 saturated heterocycles. The number of anilines is 1. The Bertz CT molecular complexity index is 1010. The highest BCUT2D eigenvalue weighted by Crippen LogP contribution is 2.40. The highest BCUT2D eigenvalue weighted by molar-refractivity contribution is 8.00.